The molecule has 0 unspecified atom stereocenters. The van der Waals surface area contributed by atoms with Crippen LogP contribution in [-0.2, 0) is 25.9 Å². The molecule has 2 aromatic rings. The van der Waals surface area contributed by atoms with Crippen LogP contribution in [-0.4, -0.2) is 21.4 Å². The Labute approximate surface area is 153 Å². The molecule has 1 aliphatic heterocycles. The van der Waals surface area contributed by atoms with Crippen molar-refractivity contribution in [3.63, 3.8) is 0 Å². The van der Waals surface area contributed by atoms with E-state index < -0.39 is 0 Å². The smallest absolute Gasteiger partial charge is 0.255 e. The van der Waals surface area contributed by atoms with Crippen LogP contribution < -0.4 is 5.56 Å². The van der Waals surface area contributed by atoms with Crippen LogP contribution in [0.3, 0.4) is 0 Å². The molecule has 2 aromatic heterocycles. The normalized spacial score (nSPS) is 19.1. The minimum Gasteiger partial charge on any atom is -0.310 e. The zero-order valence-electron chi connectivity index (χ0n) is 15.0. The Morgan fingerprint density at radius 3 is 2.80 bits per heavy atom. The summed E-state index contributed by atoms with van der Waals surface area (Å²) in [5.74, 6) is 1.41. The van der Waals surface area contributed by atoms with Crippen LogP contribution in [0.25, 0.3) is 0 Å². The van der Waals surface area contributed by atoms with Gasteiger partial charge < -0.3 is 4.98 Å². The summed E-state index contributed by atoms with van der Waals surface area (Å²) in [6.45, 7) is 4.85. The van der Waals surface area contributed by atoms with Gasteiger partial charge in [-0.25, -0.2) is 4.98 Å². The lowest BCUT2D eigenvalue weighted by Crippen LogP contribution is -2.36. The van der Waals surface area contributed by atoms with E-state index in [1.807, 2.05) is 11.3 Å². The predicted molar refractivity (Wildman–Crippen MR) is 102 cm³/mol. The highest BCUT2D eigenvalue weighted by atomic mass is 32.1. The van der Waals surface area contributed by atoms with Crippen molar-refractivity contribution in [2.24, 2.45) is 0 Å². The highest BCUT2D eigenvalue weighted by molar-refractivity contribution is 7.11. The molecule has 134 valence electrons. The van der Waals surface area contributed by atoms with Gasteiger partial charge in [-0.2, -0.15) is 0 Å². The van der Waals surface area contributed by atoms with Gasteiger partial charge in [-0.3, -0.25) is 9.69 Å². The number of aromatic nitrogens is 2. The number of hydrogen-bond donors (Lipinski definition) is 1. The van der Waals surface area contributed by atoms with Crippen molar-refractivity contribution in [2.75, 3.05) is 6.54 Å². The molecule has 1 aliphatic carbocycles. The summed E-state index contributed by atoms with van der Waals surface area (Å²) in [4.78, 5) is 25.9. The van der Waals surface area contributed by atoms with Crippen molar-refractivity contribution in [1.29, 1.82) is 0 Å². The minimum absolute atomic E-state index is 0.0932. The molecule has 0 spiro atoms. The van der Waals surface area contributed by atoms with Crippen molar-refractivity contribution >= 4 is 11.3 Å². The first-order chi connectivity index (χ1) is 12.2. The van der Waals surface area contributed by atoms with Crippen LogP contribution >= 0.6 is 11.3 Å². The fraction of sp³-hybridized carbons (Fsp3) is 0.600. The van der Waals surface area contributed by atoms with Gasteiger partial charge in [0.15, 0.2) is 0 Å². The Morgan fingerprint density at radius 2 is 2.04 bits per heavy atom. The Hall–Kier alpha value is -1.46. The quantitative estimate of drug-likeness (QED) is 0.900. The maximum atomic E-state index is 12.7. The summed E-state index contributed by atoms with van der Waals surface area (Å²) in [5, 5.41) is 0. The van der Waals surface area contributed by atoms with E-state index in [0.29, 0.717) is 5.92 Å². The molecule has 4 nitrogen and oxygen atoms in total. The molecule has 0 amide bonds. The lowest BCUT2D eigenvalue weighted by Gasteiger charge is -2.28. The van der Waals surface area contributed by atoms with Gasteiger partial charge in [-0.1, -0.05) is 26.2 Å². The van der Waals surface area contributed by atoms with Crippen LogP contribution in [0, 0.1) is 0 Å². The molecule has 0 radical (unpaired) electrons. The van der Waals surface area contributed by atoms with Crippen LogP contribution in [0.15, 0.2) is 16.9 Å². The van der Waals surface area contributed by atoms with Crippen LogP contribution in [0.2, 0.25) is 0 Å². The number of nitrogens with one attached hydrogen (secondary N) is 1. The molecule has 3 heterocycles. The third kappa shape index (κ3) is 3.72. The Morgan fingerprint density at radius 1 is 1.24 bits per heavy atom. The average molecular weight is 358 g/mol. The number of nitrogens with zero attached hydrogens (tertiary/aromatic N) is 2. The standard InChI is InChI=1S/C20H27N3OS/c1-2-15-8-9-16(25-15)12-23-11-10-18-17(13-23)20(24)22-19(21-18)14-6-4-3-5-7-14/h8-9,14H,2-7,10-13H2,1H3,(H,21,22,24). The van der Waals surface area contributed by atoms with E-state index in [9.17, 15) is 4.79 Å². The molecule has 0 atom stereocenters. The monoisotopic (exact) mass is 357 g/mol. The summed E-state index contributed by atoms with van der Waals surface area (Å²) in [6.07, 6.45) is 8.19. The molecular weight excluding hydrogens is 330 g/mol. The highest BCUT2D eigenvalue weighted by Gasteiger charge is 2.24. The molecule has 1 saturated carbocycles. The topological polar surface area (TPSA) is 49.0 Å². The van der Waals surface area contributed by atoms with Gasteiger partial charge in [-0.05, 0) is 31.4 Å². The number of H-pyrrole nitrogens is 1. The van der Waals surface area contributed by atoms with E-state index in [4.69, 9.17) is 4.98 Å². The van der Waals surface area contributed by atoms with E-state index in [1.165, 1.54) is 41.9 Å². The van der Waals surface area contributed by atoms with Crippen molar-refractivity contribution in [1.82, 2.24) is 14.9 Å². The van der Waals surface area contributed by atoms with Crippen molar-refractivity contribution in [3.8, 4) is 0 Å². The number of aryl methyl sites for hydroxylation is 1. The lowest BCUT2D eigenvalue weighted by atomic mass is 9.88. The summed E-state index contributed by atoms with van der Waals surface area (Å²) in [5.41, 5.74) is 2.02. The second-order valence-corrected chi connectivity index (χ2v) is 8.65. The van der Waals surface area contributed by atoms with Gasteiger partial charge in [0.05, 0.1) is 11.3 Å². The third-order valence-electron chi connectivity index (χ3n) is 5.60. The lowest BCUT2D eigenvalue weighted by molar-refractivity contribution is 0.243. The highest BCUT2D eigenvalue weighted by Crippen LogP contribution is 2.31. The van der Waals surface area contributed by atoms with Crippen molar-refractivity contribution < 1.29 is 0 Å². The van der Waals surface area contributed by atoms with Gasteiger partial charge in [0, 0.05) is 41.7 Å². The minimum atomic E-state index is 0.0932. The summed E-state index contributed by atoms with van der Waals surface area (Å²) >= 11 is 1.89. The summed E-state index contributed by atoms with van der Waals surface area (Å²) in [7, 11) is 0. The first-order valence-electron chi connectivity index (χ1n) is 9.65. The average Bonchev–Trinajstić information content (AvgIpc) is 3.10. The van der Waals surface area contributed by atoms with Gasteiger partial charge in [0.2, 0.25) is 0 Å². The molecule has 4 rings (SSSR count). The molecule has 1 N–H and O–H groups in total. The van der Waals surface area contributed by atoms with Gasteiger partial charge in [-0.15, -0.1) is 11.3 Å². The summed E-state index contributed by atoms with van der Waals surface area (Å²) < 4.78 is 0. The second-order valence-electron chi connectivity index (χ2n) is 7.39. The van der Waals surface area contributed by atoms with Crippen molar-refractivity contribution in [2.45, 2.75) is 70.9 Å². The van der Waals surface area contributed by atoms with Gasteiger partial charge in [0.1, 0.15) is 5.82 Å². The second kappa shape index (κ2) is 7.42. The van der Waals surface area contributed by atoms with Crippen LogP contribution in [0.5, 0.6) is 0 Å². The number of hydrogen-bond acceptors (Lipinski definition) is 4. The number of rotatable bonds is 4. The van der Waals surface area contributed by atoms with Crippen LogP contribution in [0.4, 0.5) is 0 Å². The van der Waals surface area contributed by atoms with E-state index in [1.54, 1.807) is 0 Å². The first-order valence-corrected chi connectivity index (χ1v) is 10.5. The fourth-order valence-electron chi connectivity index (χ4n) is 4.12. The van der Waals surface area contributed by atoms with Crippen LogP contribution in [0.1, 0.15) is 71.8 Å². The zero-order valence-corrected chi connectivity index (χ0v) is 15.8. The fourth-order valence-corrected chi connectivity index (χ4v) is 5.12. The zero-order chi connectivity index (χ0) is 17.2. The maximum absolute atomic E-state index is 12.7. The molecule has 0 saturated heterocycles. The molecule has 25 heavy (non-hydrogen) atoms. The van der Waals surface area contributed by atoms with E-state index in [-0.39, 0.29) is 5.56 Å². The largest absolute Gasteiger partial charge is 0.310 e. The molecule has 1 fully saturated rings. The summed E-state index contributed by atoms with van der Waals surface area (Å²) in [6, 6.07) is 4.45. The molecule has 2 aliphatic rings. The molecule has 0 bridgehead atoms. The number of aromatic amines is 1. The van der Waals surface area contributed by atoms with E-state index >= 15 is 0 Å². The van der Waals surface area contributed by atoms with E-state index in [2.05, 4.69) is 28.9 Å². The predicted octanol–water partition coefficient (Wildman–Crippen LogP) is 4.00. The Bertz CT molecular complexity index is 788. The Balaban J connectivity index is 1.50. The number of fused-ring (bicyclic) bond motifs is 1. The molecule has 5 heteroatoms. The third-order valence-corrected chi connectivity index (χ3v) is 6.82. The van der Waals surface area contributed by atoms with Crippen molar-refractivity contribution in [3.05, 3.63) is 49.3 Å². The Kier molecular flexibility index (Phi) is 5.04. The first kappa shape index (κ1) is 17.0. The molecule has 0 aromatic carbocycles. The van der Waals surface area contributed by atoms with Gasteiger partial charge >= 0.3 is 0 Å². The van der Waals surface area contributed by atoms with Gasteiger partial charge in [0.25, 0.3) is 5.56 Å². The number of thiophene rings is 1. The SMILES string of the molecule is CCc1ccc(CN2CCc3nc(C4CCCCC4)[nH]c(=O)c3C2)s1. The maximum Gasteiger partial charge on any atom is 0.255 e. The van der Waals surface area contributed by atoms with E-state index in [0.717, 1.165) is 49.6 Å². The molecular formula is C20H27N3OS.